The molecule has 3 rings (SSSR count). The molecule has 1 atom stereocenters. The predicted molar refractivity (Wildman–Crippen MR) is 98.6 cm³/mol. The van der Waals surface area contributed by atoms with E-state index in [1.54, 1.807) is 0 Å². The van der Waals surface area contributed by atoms with Gasteiger partial charge in [0.25, 0.3) is 5.91 Å². The van der Waals surface area contributed by atoms with Crippen molar-refractivity contribution in [3.63, 3.8) is 0 Å². The van der Waals surface area contributed by atoms with Crippen LogP contribution >= 0.6 is 0 Å². The number of carbonyl (C=O) groups is 3. The van der Waals surface area contributed by atoms with E-state index in [9.17, 15) is 23.2 Å². The summed E-state index contributed by atoms with van der Waals surface area (Å²) in [5.74, 6) is -2.44. The first kappa shape index (κ1) is 19.7. The highest BCUT2D eigenvalue weighted by molar-refractivity contribution is 6.11. The number of nitrogens with zero attached hydrogens (tertiary/aromatic N) is 1. The van der Waals surface area contributed by atoms with Crippen LogP contribution in [0.25, 0.3) is 0 Å². The van der Waals surface area contributed by atoms with Crippen molar-refractivity contribution in [3.05, 3.63) is 71.3 Å². The monoisotopic (exact) mass is 386 g/mol. The minimum absolute atomic E-state index is 0.184. The lowest BCUT2D eigenvalue weighted by atomic mass is 9.84. The largest absolute Gasteiger partial charge is 0.325 e. The number of benzene rings is 2. The molecule has 0 radical (unpaired) electrons. The number of amides is 3. The third-order valence-electron chi connectivity index (χ3n) is 4.89. The Balaban J connectivity index is 1.91. The number of unbranched alkanes of at least 4 members (excludes halogenated alkanes) is 1. The van der Waals surface area contributed by atoms with Crippen LogP contribution in [-0.2, 0) is 10.3 Å². The molecule has 2 aromatic rings. The molecule has 1 aliphatic heterocycles. The Hall–Kier alpha value is -3.09. The van der Waals surface area contributed by atoms with Gasteiger partial charge < -0.3 is 5.32 Å². The van der Waals surface area contributed by atoms with E-state index in [-0.39, 0.29) is 5.56 Å². The molecule has 3 amide bonds. The zero-order chi connectivity index (χ0) is 20.3. The third-order valence-corrected chi connectivity index (χ3v) is 4.89. The fourth-order valence-electron chi connectivity index (χ4n) is 3.37. The average Bonchev–Trinajstić information content (AvgIpc) is 2.92. The summed E-state index contributed by atoms with van der Waals surface area (Å²) in [6.07, 6.45) is 1.73. The molecule has 0 aliphatic carbocycles. The van der Waals surface area contributed by atoms with Gasteiger partial charge in [-0.1, -0.05) is 44.0 Å². The van der Waals surface area contributed by atoms with E-state index >= 15 is 0 Å². The van der Waals surface area contributed by atoms with Crippen LogP contribution in [0.2, 0.25) is 0 Å². The third kappa shape index (κ3) is 3.52. The quantitative estimate of drug-likeness (QED) is 0.582. The summed E-state index contributed by atoms with van der Waals surface area (Å²) in [4.78, 5) is 39.0. The molecule has 1 saturated heterocycles. The average molecular weight is 386 g/mol. The van der Waals surface area contributed by atoms with Crippen LogP contribution in [0, 0.1) is 11.6 Å². The molecule has 1 fully saturated rings. The molecule has 1 N–H and O–H groups in total. The van der Waals surface area contributed by atoms with Gasteiger partial charge in [0.2, 0.25) is 0 Å². The lowest BCUT2D eigenvalue weighted by Crippen LogP contribution is -2.44. The first-order valence-corrected chi connectivity index (χ1v) is 9.07. The van der Waals surface area contributed by atoms with E-state index in [1.165, 1.54) is 42.5 Å². The Morgan fingerprint density at radius 1 is 1.07 bits per heavy atom. The van der Waals surface area contributed by atoms with Gasteiger partial charge in [0.15, 0.2) is 5.78 Å². The molecule has 0 spiro atoms. The van der Waals surface area contributed by atoms with Crippen LogP contribution < -0.4 is 5.32 Å². The molecule has 5 nitrogen and oxygen atoms in total. The van der Waals surface area contributed by atoms with Crippen molar-refractivity contribution >= 4 is 17.7 Å². The smallest absolute Gasteiger partial charge is 0.319 e. The fraction of sp³-hybridized carbons (Fsp3) is 0.286. The summed E-state index contributed by atoms with van der Waals surface area (Å²) >= 11 is 0. The second-order valence-electron chi connectivity index (χ2n) is 6.74. The van der Waals surface area contributed by atoms with E-state index in [1.807, 2.05) is 6.92 Å². The number of ketones is 1. The summed E-state index contributed by atoms with van der Waals surface area (Å²) < 4.78 is 27.2. The zero-order valence-electron chi connectivity index (χ0n) is 15.4. The zero-order valence-corrected chi connectivity index (χ0v) is 15.4. The second-order valence-corrected chi connectivity index (χ2v) is 6.74. The van der Waals surface area contributed by atoms with Crippen molar-refractivity contribution in [1.82, 2.24) is 10.2 Å². The molecule has 1 heterocycles. The number of hydrogen-bond acceptors (Lipinski definition) is 3. The van der Waals surface area contributed by atoms with Gasteiger partial charge in [0.1, 0.15) is 17.2 Å². The molecule has 7 heteroatoms. The summed E-state index contributed by atoms with van der Waals surface area (Å²) in [6.45, 7) is 1.37. The van der Waals surface area contributed by atoms with Crippen molar-refractivity contribution in [2.24, 2.45) is 0 Å². The number of urea groups is 1. The Kier molecular flexibility index (Phi) is 5.53. The van der Waals surface area contributed by atoms with Gasteiger partial charge in [-0.2, -0.15) is 0 Å². The highest BCUT2D eigenvalue weighted by atomic mass is 19.1. The topological polar surface area (TPSA) is 66.5 Å². The fourth-order valence-corrected chi connectivity index (χ4v) is 3.37. The molecular formula is C21H20F2N2O3. The molecule has 0 saturated carbocycles. The summed E-state index contributed by atoms with van der Waals surface area (Å²) in [6, 6.07) is 10.0. The molecule has 0 bridgehead atoms. The number of halogens is 2. The van der Waals surface area contributed by atoms with Gasteiger partial charge in [-0.25, -0.2) is 13.6 Å². The Morgan fingerprint density at radius 2 is 1.75 bits per heavy atom. The van der Waals surface area contributed by atoms with Crippen LogP contribution in [0.3, 0.4) is 0 Å². The van der Waals surface area contributed by atoms with E-state index in [0.717, 1.165) is 17.4 Å². The van der Waals surface area contributed by atoms with Crippen LogP contribution in [0.1, 0.15) is 42.1 Å². The maximum absolute atomic E-state index is 13.9. The standard InChI is InChI=1S/C21H20F2N2O3/c1-2-3-12-21(14-8-10-15(22)11-9-14)19(27)25(20(28)24-21)13-18(26)16-6-4-5-7-17(16)23/h4-11H,2-3,12-13H2,1H3,(H,24,28)/t21-/m0/s1. The highest BCUT2D eigenvalue weighted by Gasteiger charge is 2.52. The predicted octanol–water partition coefficient (Wildman–Crippen LogP) is 3.79. The first-order valence-electron chi connectivity index (χ1n) is 9.07. The van der Waals surface area contributed by atoms with Gasteiger partial charge in [-0.3, -0.25) is 14.5 Å². The second kappa shape index (κ2) is 7.88. The van der Waals surface area contributed by atoms with Gasteiger partial charge in [0, 0.05) is 0 Å². The van der Waals surface area contributed by atoms with Gasteiger partial charge in [0.05, 0.1) is 12.1 Å². The molecular weight excluding hydrogens is 366 g/mol. The minimum atomic E-state index is -1.36. The number of imide groups is 1. The van der Waals surface area contributed by atoms with Gasteiger partial charge in [-0.15, -0.1) is 0 Å². The number of hydrogen-bond donors (Lipinski definition) is 1. The summed E-state index contributed by atoms with van der Waals surface area (Å²) in [5, 5.41) is 2.68. The lowest BCUT2D eigenvalue weighted by molar-refractivity contribution is -0.131. The van der Waals surface area contributed by atoms with Crippen molar-refractivity contribution < 1.29 is 23.2 Å². The van der Waals surface area contributed by atoms with Crippen LogP contribution in [0.15, 0.2) is 48.5 Å². The summed E-state index contributed by atoms with van der Waals surface area (Å²) in [5.41, 5.74) is -1.10. The van der Waals surface area contributed by atoms with E-state index in [2.05, 4.69) is 5.32 Å². The van der Waals surface area contributed by atoms with Crippen molar-refractivity contribution in [1.29, 1.82) is 0 Å². The lowest BCUT2D eigenvalue weighted by Gasteiger charge is -2.27. The first-order chi connectivity index (χ1) is 13.4. The molecule has 28 heavy (non-hydrogen) atoms. The molecule has 2 aromatic carbocycles. The highest BCUT2D eigenvalue weighted by Crippen LogP contribution is 2.34. The molecule has 1 aliphatic rings. The summed E-state index contributed by atoms with van der Waals surface area (Å²) in [7, 11) is 0. The number of carbonyl (C=O) groups excluding carboxylic acids is 3. The van der Waals surface area contributed by atoms with Crippen molar-refractivity contribution in [2.75, 3.05) is 6.54 Å². The van der Waals surface area contributed by atoms with E-state index < -0.39 is 41.4 Å². The van der Waals surface area contributed by atoms with Crippen LogP contribution in [-0.4, -0.2) is 29.2 Å². The van der Waals surface area contributed by atoms with Crippen LogP contribution in [0.4, 0.5) is 13.6 Å². The van der Waals surface area contributed by atoms with Crippen molar-refractivity contribution in [2.45, 2.75) is 31.7 Å². The van der Waals surface area contributed by atoms with Crippen LogP contribution in [0.5, 0.6) is 0 Å². The Morgan fingerprint density at radius 3 is 2.39 bits per heavy atom. The Bertz CT molecular complexity index is 914. The molecule has 0 unspecified atom stereocenters. The Labute approximate surface area is 161 Å². The van der Waals surface area contributed by atoms with Gasteiger partial charge >= 0.3 is 6.03 Å². The van der Waals surface area contributed by atoms with Gasteiger partial charge in [-0.05, 0) is 36.2 Å². The maximum atomic E-state index is 13.9. The van der Waals surface area contributed by atoms with E-state index in [4.69, 9.17) is 0 Å². The van der Waals surface area contributed by atoms with E-state index in [0.29, 0.717) is 18.4 Å². The minimum Gasteiger partial charge on any atom is -0.319 e. The normalized spacial score (nSPS) is 19.0. The molecule has 0 aromatic heterocycles. The maximum Gasteiger partial charge on any atom is 0.325 e. The van der Waals surface area contributed by atoms with Crippen molar-refractivity contribution in [3.8, 4) is 0 Å². The number of nitrogens with one attached hydrogen (secondary N) is 1. The molecule has 146 valence electrons. The number of rotatable bonds is 7. The SMILES string of the molecule is CCCC[C@@]1(c2ccc(F)cc2)NC(=O)N(CC(=O)c2ccccc2F)C1=O. The number of Topliss-reactive ketones (excluding diaryl/α,β-unsaturated/α-hetero) is 1.